The number of carbonyl (C=O) groups is 2. The molecule has 0 saturated heterocycles. The number of hydrogen-bond donors (Lipinski definition) is 2. The summed E-state index contributed by atoms with van der Waals surface area (Å²) >= 11 is 1.31. The number of H-pyrrole nitrogens is 1. The molecular weight excluding hydrogens is 362 g/mol. The van der Waals surface area contributed by atoms with Gasteiger partial charge in [0.15, 0.2) is 5.13 Å². The topological polar surface area (TPSA) is 84.1 Å². The fourth-order valence-corrected chi connectivity index (χ4v) is 3.94. The van der Waals surface area contributed by atoms with E-state index in [1.165, 1.54) is 11.3 Å². The van der Waals surface area contributed by atoms with Gasteiger partial charge in [-0.05, 0) is 38.1 Å². The Kier molecular flexibility index (Phi) is 4.37. The third-order valence-corrected chi connectivity index (χ3v) is 5.15. The molecule has 27 heavy (non-hydrogen) atoms. The number of carbonyl (C=O) groups excluding carboxylic acids is 2. The summed E-state index contributed by atoms with van der Waals surface area (Å²) < 4.78 is 6.36. The maximum absolute atomic E-state index is 12.7. The number of para-hydroxylation sites is 1. The minimum atomic E-state index is -0.702. The summed E-state index contributed by atoms with van der Waals surface area (Å²) in [6.07, 6.45) is 0. The van der Waals surface area contributed by atoms with E-state index in [4.69, 9.17) is 4.74 Å². The van der Waals surface area contributed by atoms with E-state index in [1.54, 1.807) is 6.92 Å². The fourth-order valence-electron chi connectivity index (χ4n) is 3.05. The van der Waals surface area contributed by atoms with Gasteiger partial charge in [-0.15, -0.1) is 0 Å². The Morgan fingerprint density at radius 3 is 2.85 bits per heavy atom. The highest BCUT2D eigenvalue weighted by Crippen LogP contribution is 2.30. The summed E-state index contributed by atoms with van der Waals surface area (Å²) in [5.41, 5.74) is 2.63. The molecule has 0 aliphatic carbocycles. The lowest BCUT2D eigenvalue weighted by Crippen LogP contribution is -2.23. The van der Waals surface area contributed by atoms with Gasteiger partial charge in [0.25, 0.3) is 11.7 Å². The minimum Gasteiger partial charge on any atom is -0.494 e. The number of ether oxygens (including phenoxy) is 1. The highest BCUT2D eigenvalue weighted by molar-refractivity contribution is 7.22. The van der Waals surface area contributed by atoms with Gasteiger partial charge in [-0.1, -0.05) is 29.5 Å². The number of hydrogen-bond acceptors (Lipinski definition) is 5. The Balaban J connectivity index is 1.60. The molecule has 4 aromatic rings. The van der Waals surface area contributed by atoms with Crippen molar-refractivity contribution in [3.8, 4) is 5.75 Å². The molecule has 0 bridgehead atoms. The number of aromatic amines is 1. The first-order valence-corrected chi connectivity index (χ1v) is 9.35. The van der Waals surface area contributed by atoms with Crippen LogP contribution < -0.4 is 10.1 Å². The largest absolute Gasteiger partial charge is 0.494 e. The lowest BCUT2D eigenvalue weighted by Gasteiger charge is -2.01. The molecule has 4 rings (SSSR count). The molecule has 1 amide bonds. The third kappa shape index (κ3) is 3.17. The third-order valence-electron chi connectivity index (χ3n) is 4.22. The number of Topliss-reactive ketones (excluding diaryl/α,β-unsaturated/α-hetero) is 1. The van der Waals surface area contributed by atoms with Crippen molar-refractivity contribution in [1.82, 2.24) is 9.97 Å². The first-order valence-electron chi connectivity index (χ1n) is 8.53. The number of aryl methyl sites for hydroxylation is 1. The van der Waals surface area contributed by atoms with Crippen LogP contribution in [0.2, 0.25) is 0 Å². The number of fused-ring (bicyclic) bond motifs is 2. The van der Waals surface area contributed by atoms with Gasteiger partial charge < -0.3 is 9.72 Å². The summed E-state index contributed by atoms with van der Waals surface area (Å²) in [6, 6.07) is 13.0. The molecule has 0 fully saturated rings. The Morgan fingerprint density at radius 2 is 2.04 bits per heavy atom. The summed E-state index contributed by atoms with van der Waals surface area (Å²) in [5.74, 6) is -0.539. The van der Waals surface area contributed by atoms with Gasteiger partial charge >= 0.3 is 0 Å². The van der Waals surface area contributed by atoms with Crippen molar-refractivity contribution in [3.05, 3.63) is 53.7 Å². The second-order valence-electron chi connectivity index (χ2n) is 6.04. The quantitative estimate of drug-likeness (QED) is 0.400. The molecule has 0 aliphatic heterocycles. The fraction of sp³-hybridized carbons (Fsp3) is 0.150. The van der Waals surface area contributed by atoms with E-state index in [0.29, 0.717) is 23.0 Å². The van der Waals surface area contributed by atoms with Crippen LogP contribution in [-0.2, 0) is 4.79 Å². The zero-order valence-electron chi connectivity index (χ0n) is 14.8. The van der Waals surface area contributed by atoms with Gasteiger partial charge in [0.05, 0.1) is 22.4 Å². The van der Waals surface area contributed by atoms with Crippen molar-refractivity contribution >= 4 is 49.3 Å². The van der Waals surface area contributed by atoms with Crippen LogP contribution in [0.5, 0.6) is 5.75 Å². The second-order valence-corrected chi connectivity index (χ2v) is 7.07. The second kappa shape index (κ2) is 6.85. The van der Waals surface area contributed by atoms with E-state index < -0.39 is 11.7 Å². The van der Waals surface area contributed by atoms with Crippen LogP contribution in [0.1, 0.15) is 23.0 Å². The summed E-state index contributed by atoms with van der Waals surface area (Å²) in [5, 5.41) is 3.75. The number of rotatable bonds is 5. The van der Waals surface area contributed by atoms with Crippen LogP contribution >= 0.6 is 11.3 Å². The van der Waals surface area contributed by atoms with Crippen LogP contribution in [0.3, 0.4) is 0 Å². The first-order chi connectivity index (χ1) is 13.1. The molecule has 7 heteroatoms. The molecule has 0 aliphatic rings. The standard InChI is InChI=1S/C20H17N3O3S/c1-3-26-12-8-9-15-16(10-12)27-20(22-15)23-19(25)18(24)17-11(2)21-14-7-5-4-6-13(14)17/h4-10,21H,3H2,1-2H3,(H,22,23,25). The van der Waals surface area contributed by atoms with Crippen LogP contribution in [0.4, 0.5) is 5.13 Å². The number of aromatic nitrogens is 2. The zero-order chi connectivity index (χ0) is 19.0. The summed E-state index contributed by atoms with van der Waals surface area (Å²) in [6.45, 7) is 4.28. The normalized spacial score (nSPS) is 11.0. The number of thiazole rings is 1. The van der Waals surface area contributed by atoms with Crippen LogP contribution in [0.15, 0.2) is 42.5 Å². The number of ketones is 1. The Morgan fingerprint density at radius 1 is 1.22 bits per heavy atom. The average molecular weight is 379 g/mol. The van der Waals surface area contributed by atoms with E-state index in [0.717, 1.165) is 26.9 Å². The van der Waals surface area contributed by atoms with Gasteiger partial charge in [-0.25, -0.2) is 4.98 Å². The SMILES string of the molecule is CCOc1ccc2nc(NC(=O)C(=O)c3c(C)[nH]c4ccccc34)sc2c1. The lowest BCUT2D eigenvalue weighted by atomic mass is 10.1. The van der Waals surface area contributed by atoms with Crippen molar-refractivity contribution in [1.29, 1.82) is 0 Å². The maximum atomic E-state index is 12.7. The van der Waals surface area contributed by atoms with E-state index in [1.807, 2.05) is 49.4 Å². The Labute approximate surface area is 159 Å². The Bertz CT molecular complexity index is 1180. The minimum absolute atomic E-state index is 0.384. The van der Waals surface area contributed by atoms with E-state index in [2.05, 4.69) is 15.3 Å². The van der Waals surface area contributed by atoms with E-state index in [9.17, 15) is 9.59 Å². The van der Waals surface area contributed by atoms with E-state index in [-0.39, 0.29) is 0 Å². The smallest absolute Gasteiger partial charge is 0.298 e. The van der Waals surface area contributed by atoms with Gasteiger partial charge in [0.1, 0.15) is 5.75 Å². The average Bonchev–Trinajstić information content (AvgIpc) is 3.20. The number of nitrogens with one attached hydrogen (secondary N) is 2. The first kappa shape index (κ1) is 17.2. The molecule has 0 saturated carbocycles. The lowest BCUT2D eigenvalue weighted by molar-refractivity contribution is -0.112. The summed E-state index contributed by atoms with van der Waals surface area (Å²) in [4.78, 5) is 32.8. The molecule has 2 aromatic carbocycles. The number of benzene rings is 2. The van der Waals surface area contributed by atoms with Gasteiger partial charge in [0.2, 0.25) is 0 Å². The molecule has 136 valence electrons. The van der Waals surface area contributed by atoms with Gasteiger partial charge in [-0.2, -0.15) is 0 Å². The van der Waals surface area contributed by atoms with Gasteiger partial charge in [-0.3, -0.25) is 14.9 Å². The monoisotopic (exact) mass is 379 g/mol. The van der Waals surface area contributed by atoms with E-state index >= 15 is 0 Å². The molecule has 2 heterocycles. The summed E-state index contributed by atoms with van der Waals surface area (Å²) in [7, 11) is 0. The van der Waals surface area contributed by atoms with Crippen LogP contribution in [-0.4, -0.2) is 28.3 Å². The molecule has 2 N–H and O–H groups in total. The van der Waals surface area contributed by atoms with Crippen molar-refractivity contribution in [3.63, 3.8) is 0 Å². The molecule has 2 aromatic heterocycles. The number of amides is 1. The van der Waals surface area contributed by atoms with Crippen molar-refractivity contribution in [2.24, 2.45) is 0 Å². The molecule has 0 radical (unpaired) electrons. The molecular formula is C20H17N3O3S. The maximum Gasteiger partial charge on any atom is 0.298 e. The highest BCUT2D eigenvalue weighted by Gasteiger charge is 2.23. The molecule has 0 unspecified atom stereocenters. The molecule has 0 spiro atoms. The molecule has 6 nitrogen and oxygen atoms in total. The zero-order valence-corrected chi connectivity index (χ0v) is 15.6. The Hall–Kier alpha value is -3.19. The predicted molar refractivity (Wildman–Crippen MR) is 107 cm³/mol. The van der Waals surface area contributed by atoms with Crippen LogP contribution in [0, 0.1) is 6.92 Å². The predicted octanol–water partition coefficient (Wildman–Crippen LogP) is 4.31. The van der Waals surface area contributed by atoms with Gasteiger partial charge in [0, 0.05) is 16.6 Å². The number of nitrogens with zero attached hydrogens (tertiary/aromatic N) is 1. The van der Waals surface area contributed by atoms with Crippen molar-refractivity contribution in [2.75, 3.05) is 11.9 Å². The number of anilines is 1. The molecule has 0 atom stereocenters. The van der Waals surface area contributed by atoms with Crippen LogP contribution in [0.25, 0.3) is 21.1 Å². The highest BCUT2D eigenvalue weighted by atomic mass is 32.1. The van der Waals surface area contributed by atoms with Crippen molar-refractivity contribution in [2.45, 2.75) is 13.8 Å². The van der Waals surface area contributed by atoms with Crippen molar-refractivity contribution < 1.29 is 14.3 Å².